The first-order chi connectivity index (χ1) is 12.0. The van der Waals surface area contributed by atoms with Crippen molar-refractivity contribution >= 4 is 40.8 Å². The molecule has 0 unspecified atom stereocenters. The summed E-state index contributed by atoms with van der Waals surface area (Å²) in [6.45, 7) is 3.12. The molecule has 0 spiro atoms. The Balaban J connectivity index is 1.70. The van der Waals surface area contributed by atoms with Crippen LogP contribution in [0.3, 0.4) is 0 Å². The Morgan fingerprint density at radius 3 is 2.48 bits per heavy atom. The zero-order valence-electron chi connectivity index (χ0n) is 13.5. The van der Waals surface area contributed by atoms with Crippen molar-refractivity contribution < 1.29 is 9.90 Å². The van der Waals surface area contributed by atoms with E-state index in [0.29, 0.717) is 42.8 Å². The van der Waals surface area contributed by atoms with E-state index >= 15 is 0 Å². The van der Waals surface area contributed by atoms with Crippen LogP contribution in [0.1, 0.15) is 5.56 Å². The van der Waals surface area contributed by atoms with Gasteiger partial charge in [0.15, 0.2) is 0 Å². The third kappa shape index (κ3) is 4.75. The van der Waals surface area contributed by atoms with Gasteiger partial charge in [-0.05, 0) is 24.3 Å². The number of hydrogen-bond acceptors (Lipinski definition) is 4. The van der Waals surface area contributed by atoms with Gasteiger partial charge in [-0.25, -0.2) is 9.78 Å². The van der Waals surface area contributed by atoms with Crippen LogP contribution in [-0.4, -0.2) is 52.2 Å². The first kappa shape index (κ1) is 17.8. The summed E-state index contributed by atoms with van der Waals surface area (Å²) >= 11 is 12.1. The van der Waals surface area contributed by atoms with Gasteiger partial charge in [-0.1, -0.05) is 29.3 Å². The lowest BCUT2D eigenvalue weighted by Gasteiger charge is -2.33. The lowest BCUT2D eigenvalue weighted by molar-refractivity contribution is 0.103. The van der Waals surface area contributed by atoms with Crippen molar-refractivity contribution in [1.82, 2.24) is 14.8 Å². The number of carboxylic acid groups (broad SMARTS) is 1. The number of pyridine rings is 1. The first-order valence-corrected chi connectivity index (χ1v) is 8.64. The highest BCUT2D eigenvalue weighted by Gasteiger charge is 2.21. The number of piperazine rings is 1. The standard InChI is InChI=1S/C17H18Cl2N4O2/c18-13-8-14(19)10-15(9-13)21-16-12(2-1-3-20-16)11-22-4-6-23(7-5-22)17(24)25/h1-3,8-10H,4-7,11H2,(H,20,21)(H,24,25). The molecule has 2 aromatic rings. The van der Waals surface area contributed by atoms with Crippen molar-refractivity contribution in [3.8, 4) is 0 Å². The van der Waals surface area contributed by atoms with Gasteiger partial charge in [-0.3, -0.25) is 4.90 Å². The summed E-state index contributed by atoms with van der Waals surface area (Å²) in [5, 5.41) is 13.4. The van der Waals surface area contributed by atoms with Crippen LogP contribution in [0.25, 0.3) is 0 Å². The average Bonchev–Trinajstić information content (AvgIpc) is 2.56. The number of halogens is 2. The molecule has 2 heterocycles. The van der Waals surface area contributed by atoms with Gasteiger partial charge in [-0.2, -0.15) is 0 Å². The summed E-state index contributed by atoms with van der Waals surface area (Å²) in [5.74, 6) is 0.737. The van der Waals surface area contributed by atoms with Crippen molar-refractivity contribution in [2.75, 3.05) is 31.5 Å². The largest absolute Gasteiger partial charge is 0.465 e. The number of anilines is 2. The van der Waals surface area contributed by atoms with Crippen LogP contribution in [0, 0.1) is 0 Å². The summed E-state index contributed by atoms with van der Waals surface area (Å²) in [6, 6.07) is 9.15. The lowest BCUT2D eigenvalue weighted by Crippen LogP contribution is -2.47. The van der Waals surface area contributed by atoms with Crippen molar-refractivity contribution in [3.05, 3.63) is 52.1 Å². The molecule has 8 heteroatoms. The average molecular weight is 381 g/mol. The predicted octanol–water partition coefficient (Wildman–Crippen LogP) is 3.93. The molecule has 0 atom stereocenters. The molecule has 1 fully saturated rings. The molecule has 1 aliphatic heterocycles. The molecule has 3 rings (SSSR count). The Hall–Kier alpha value is -2.02. The molecule has 1 aliphatic rings. The summed E-state index contributed by atoms with van der Waals surface area (Å²) in [7, 11) is 0. The fourth-order valence-corrected chi connectivity index (χ4v) is 3.31. The van der Waals surface area contributed by atoms with Crippen LogP contribution in [0.4, 0.5) is 16.3 Å². The van der Waals surface area contributed by atoms with E-state index in [4.69, 9.17) is 28.3 Å². The molecule has 1 aromatic carbocycles. The highest BCUT2D eigenvalue weighted by atomic mass is 35.5. The molecule has 132 valence electrons. The molecule has 0 saturated carbocycles. The van der Waals surface area contributed by atoms with E-state index in [-0.39, 0.29) is 0 Å². The quantitative estimate of drug-likeness (QED) is 0.840. The highest BCUT2D eigenvalue weighted by Crippen LogP contribution is 2.26. The van der Waals surface area contributed by atoms with Crippen LogP contribution in [0.2, 0.25) is 10.0 Å². The Morgan fingerprint density at radius 1 is 1.16 bits per heavy atom. The topological polar surface area (TPSA) is 68.7 Å². The zero-order chi connectivity index (χ0) is 17.8. The lowest BCUT2D eigenvalue weighted by atomic mass is 10.2. The smallest absolute Gasteiger partial charge is 0.407 e. The van der Waals surface area contributed by atoms with E-state index in [0.717, 1.165) is 17.1 Å². The van der Waals surface area contributed by atoms with Crippen LogP contribution >= 0.6 is 23.2 Å². The maximum atomic E-state index is 11.0. The van der Waals surface area contributed by atoms with Crippen molar-refractivity contribution in [1.29, 1.82) is 0 Å². The molecule has 1 saturated heterocycles. The zero-order valence-corrected chi connectivity index (χ0v) is 15.0. The fraction of sp³-hybridized carbons (Fsp3) is 0.294. The number of hydrogen-bond donors (Lipinski definition) is 2. The number of nitrogens with one attached hydrogen (secondary N) is 1. The van der Waals surface area contributed by atoms with E-state index in [1.165, 1.54) is 4.90 Å². The number of aromatic nitrogens is 1. The maximum Gasteiger partial charge on any atom is 0.407 e. The minimum Gasteiger partial charge on any atom is -0.465 e. The molecule has 1 aromatic heterocycles. The van der Waals surface area contributed by atoms with Gasteiger partial charge in [0.2, 0.25) is 0 Å². The minimum absolute atomic E-state index is 0.516. The molecule has 6 nitrogen and oxygen atoms in total. The van der Waals surface area contributed by atoms with Gasteiger partial charge in [0, 0.05) is 60.2 Å². The Kier molecular flexibility index (Phi) is 5.63. The summed E-state index contributed by atoms with van der Waals surface area (Å²) < 4.78 is 0. The van der Waals surface area contributed by atoms with Crippen molar-refractivity contribution in [2.45, 2.75) is 6.54 Å². The highest BCUT2D eigenvalue weighted by molar-refractivity contribution is 6.35. The normalized spacial score (nSPS) is 15.2. The van der Waals surface area contributed by atoms with E-state index in [2.05, 4.69) is 15.2 Å². The van der Waals surface area contributed by atoms with Gasteiger partial charge in [0.05, 0.1) is 0 Å². The molecule has 25 heavy (non-hydrogen) atoms. The summed E-state index contributed by atoms with van der Waals surface area (Å²) in [5.41, 5.74) is 1.80. The third-order valence-corrected chi connectivity index (χ3v) is 4.49. The number of nitrogens with zero attached hydrogens (tertiary/aromatic N) is 3. The first-order valence-electron chi connectivity index (χ1n) is 7.88. The van der Waals surface area contributed by atoms with Crippen LogP contribution in [0.5, 0.6) is 0 Å². The second-order valence-corrected chi connectivity index (χ2v) is 6.71. The number of benzene rings is 1. The molecular weight excluding hydrogens is 363 g/mol. The summed E-state index contributed by atoms with van der Waals surface area (Å²) in [4.78, 5) is 19.1. The molecule has 0 bridgehead atoms. The fourth-order valence-electron chi connectivity index (χ4n) is 2.78. The maximum absolute atomic E-state index is 11.0. The van der Waals surface area contributed by atoms with Crippen molar-refractivity contribution in [3.63, 3.8) is 0 Å². The van der Waals surface area contributed by atoms with Crippen LogP contribution < -0.4 is 5.32 Å². The summed E-state index contributed by atoms with van der Waals surface area (Å²) in [6.07, 6.45) is 0.863. The van der Waals surface area contributed by atoms with Gasteiger partial charge in [0.25, 0.3) is 0 Å². The van der Waals surface area contributed by atoms with Gasteiger partial charge < -0.3 is 15.3 Å². The Bertz CT molecular complexity index is 744. The van der Waals surface area contributed by atoms with E-state index < -0.39 is 6.09 Å². The van der Waals surface area contributed by atoms with Gasteiger partial charge in [-0.15, -0.1) is 0 Å². The van der Waals surface area contributed by atoms with Gasteiger partial charge in [0.1, 0.15) is 5.82 Å². The monoisotopic (exact) mass is 380 g/mol. The Labute approximate surface area is 156 Å². The van der Waals surface area contributed by atoms with E-state index in [1.807, 2.05) is 12.1 Å². The number of amides is 1. The molecule has 2 N–H and O–H groups in total. The van der Waals surface area contributed by atoms with Crippen LogP contribution in [0.15, 0.2) is 36.5 Å². The third-order valence-electron chi connectivity index (χ3n) is 4.05. The second-order valence-electron chi connectivity index (χ2n) is 5.84. The van der Waals surface area contributed by atoms with Crippen LogP contribution in [-0.2, 0) is 6.54 Å². The SMILES string of the molecule is O=C(O)N1CCN(Cc2cccnc2Nc2cc(Cl)cc(Cl)c2)CC1. The van der Waals surface area contributed by atoms with Gasteiger partial charge >= 0.3 is 6.09 Å². The second kappa shape index (κ2) is 7.91. The molecule has 0 radical (unpaired) electrons. The predicted molar refractivity (Wildman–Crippen MR) is 98.9 cm³/mol. The van der Waals surface area contributed by atoms with E-state index in [9.17, 15) is 4.79 Å². The number of rotatable bonds is 4. The number of carbonyl (C=O) groups is 1. The molecule has 0 aliphatic carbocycles. The van der Waals surface area contributed by atoms with Crippen molar-refractivity contribution in [2.24, 2.45) is 0 Å². The Morgan fingerprint density at radius 2 is 1.84 bits per heavy atom. The minimum atomic E-state index is -0.860. The molecular formula is C17H18Cl2N4O2. The van der Waals surface area contributed by atoms with E-state index in [1.54, 1.807) is 24.4 Å². The molecule has 1 amide bonds.